The number of benzene rings is 1. The largest absolute Gasteiger partial charge is 0.493 e. The van der Waals surface area contributed by atoms with Gasteiger partial charge in [-0.05, 0) is 30.2 Å². The fourth-order valence-electron chi connectivity index (χ4n) is 3.86. The Morgan fingerprint density at radius 1 is 1.28 bits per heavy atom. The second kappa shape index (κ2) is 7.69. The highest BCUT2D eigenvalue weighted by Gasteiger charge is 2.31. The minimum absolute atomic E-state index is 0.0298. The third kappa shape index (κ3) is 3.39. The second-order valence-electron chi connectivity index (χ2n) is 7.20. The highest BCUT2D eigenvalue weighted by Crippen LogP contribution is 2.34. The molecule has 0 spiro atoms. The molecule has 1 aromatic carbocycles. The van der Waals surface area contributed by atoms with E-state index in [1.165, 1.54) is 4.57 Å². The second-order valence-corrected chi connectivity index (χ2v) is 7.20. The fraction of sp³-hybridized carbons (Fsp3) is 0.381. The molecule has 4 rings (SSSR count). The summed E-state index contributed by atoms with van der Waals surface area (Å²) in [6, 6.07) is 7.40. The van der Waals surface area contributed by atoms with Gasteiger partial charge in [-0.25, -0.2) is 9.37 Å². The topological polar surface area (TPSA) is 78.3 Å². The van der Waals surface area contributed by atoms with Gasteiger partial charge < -0.3 is 14.8 Å². The molecule has 152 valence electrons. The molecule has 0 aliphatic carbocycles. The number of ether oxygens (including phenoxy) is 2. The standard InChI is InChI=1S/C21H23FN4O3/c1-12(14-7-20(27)24-9-14)21-25-16-8-15(23-10-17(16)26(21)11-22)13-4-5-18(28-2)19(6-13)29-3/h4-6,8,10,12,14H,7,9,11H2,1-3H3,(H,24,27)/t12-,14+/m1/s1. The van der Waals surface area contributed by atoms with E-state index in [1.54, 1.807) is 20.4 Å². The molecule has 1 amide bonds. The first-order valence-electron chi connectivity index (χ1n) is 9.47. The van der Waals surface area contributed by atoms with E-state index in [0.29, 0.717) is 47.0 Å². The van der Waals surface area contributed by atoms with Crippen molar-refractivity contribution in [3.8, 4) is 22.8 Å². The van der Waals surface area contributed by atoms with Gasteiger partial charge in [0.05, 0.1) is 37.1 Å². The van der Waals surface area contributed by atoms with Crippen LogP contribution >= 0.6 is 0 Å². The maximum atomic E-state index is 13.9. The monoisotopic (exact) mass is 398 g/mol. The summed E-state index contributed by atoms with van der Waals surface area (Å²) in [5.41, 5.74) is 2.86. The number of amides is 1. The number of carbonyl (C=O) groups excluding carboxylic acids is 1. The van der Waals surface area contributed by atoms with Crippen LogP contribution in [0.5, 0.6) is 11.5 Å². The predicted molar refractivity (Wildman–Crippen MR) is 107 cm³/mol. The van der Waals surface area contributed by atoms with Crippen molar-refractivity contribution in [2.45, 2.75) is 26.1 Å². The molecule has 1 saturated heterocycles. The summed E-state index contributed by atoms with van der Waals surface area (Å²) in [6.07, 6.45) is 2.08. The van der Waals surface area contributed by atoms with Crippen LogP contribution in [0.4, 0.5) is 4.39 Å². The first kappa shape index (κ1) is 19.2. The molecule has 3 aromatic rings. The van der Waals surface area contributed by atoms with E-state index < -0.39 is 6.80 Å². The quantitative estimate of drug-likeness (QED) is 0.689. The lowest BCUT2D eigenvalue weighted by molar-refractivity contribution is -0.119. The van der Waals surface area contributed by atoms with E-state index in [9.17, 15) is 9.18 Å². The number of nitrogens with one attached hydrogen (secondary N) is 1. The lowest BCUT2D eigenvalue weighted by Gasteiger charge is -2.17. The number of hydrogen-bond acceptors (Lipinski definition) is 5. The van der Waals surface area contributed by atoms with Crippen molar-refractivity contribution in [1.29, 1.82) is 0 Å². The van der Waals surface area contributed by atoms with Crippen LogP contribution in [-0.4, -0.2) is 41.2 Å². The molecule has 1 aliphatic rings. The van der Waals surface area contributed by atoms with E-state index in [-0.39, 0.29) is 17.7 Å². The SMILES string of the molecule is COc1ccc(-c2cc3nc([C@H](C)[C@@H]4CNC(=O)C4)n(CF)c3cn2)cc1OC. The maximum absolute atomic E-state index is 13.9. The van der Waals surface area contributed by atoms with E-state index in [1.807, 2.05) is 31.2 Å². The number of hydrogen-bond donors (Lipinski definition) is 1. The number of carbonyl (C=O) groups is 1. The molecule has 1 fully saturated rings. The summed E-state index contributed by atoms with van der Waals surface area (Å²) in [5.74, 6) is 1.95. The van der Waals surface area contributed by atoms with E-state index >= 15 is 0 Å². The van der Waals surface area contributed by atoms with Gasteiger partial charge in [0.15, 0.2) is 18.3 Å². The summed E-state index contributed by atoms with van der Waals surface area (Å²) in [7, 11) is 3.17. The fourth-order valence-corrected chi connectivity index (χ4v) is 3.86. The van der Waals surface area contributed by atoms with Gasteiger partial charge >= 0.3 is 0 Å². The molecule has 2 aromatic heterocycles. The number of nitrogens with zero attached hydrogens (tertiary/aromatic N) is 3. The molecule has 7 nitrogen and oxygen atoms in total. The van der Waals surface area contributed by atoms with E-state index in [2.05, 4.69) is 10.3 Å². The van der Waals surface area contributed by atoms with E-state index in [0.717, 1.165) is 5.56 Å². The molecule has 0 radical (unpaired) electrons. The molecule has 0 saturated carbocycles. The van der Waals surface area contributed by atoms with Crippen molar-refractivity contribution >= 4 is 16.9 Å². The number of rotatable bonds is 6. The average molecular weight is 398 g/mol. The Kier molecular flexibility index (Phi) is 5.08. The summed E-state index contributed by atoms with van der Waals surface area (Å²) < 4.78 is 26.0. The highest BCUT2D eigenvalue weighted by atomic mass is 19.1. The molecule has 29 heavy (non-hydrogen) atoms. The maximum Gasteiger partial charge on any atom is 0.220 e. The first-order chi connectivity index (χ1) is 14.0. The van der Waals surface area contributed by atoms with Gasteiger partial charge in [-0.2, -0.15) is 0 Å². The van der Waals surface area contributed by atoms with Crippen molar-refractivity contribution in [3.05, 3.63) is 36.3 Å². The van der Waals surface area contributed by atoms with Crippen molar-refractivity contribution in [2.75, 3.05) is 20.8 Å². The average Bonchev–Trinajstić information content (AvgIpc) is 3.35. The zero-order valence-electron chi connectivity index (χ0n) is 16.6. The predicted octanol–water partition coefficient (Wildman–Crippen LogP) is 3.28. The number of imidazole rings is 1. The lowest BCUT2D eigenvalue weighted by atomic mass is 9.92. The number of methoxy groups -OCH3 is 2. The molecule has 3 heterocycles. The Labute approximate surface area is 167 Å². The third-order valence-corrected chi connectivity index (χ3v) is 5.59. The van der Waals surface area contributed by atoms with Gasteiger partial charge in [0.2, 0.25) is 5.91 Å². The first-order valence-corrected chi connectivity index (χ1v) is 9.47. The van der Waals surface area contributed by atoms with Gasteiger partial charge in [0, 0.05) is 24.4 Å². The van der Waals surface area contributed by atoms with Crippen LogP contribution < -0.4 is 14.8 Å². The van der Waals surface area contributed by atoms with Crippen LogP contribution in [0, 0.1) is 5.92 Å². The smallest absolute Gasteiger partial charge is 0.220 e. The van der Waals surface area contributed by atoms with Crippen molar-refractivity contribution < 1.29 is 18.7 Å². The Morgan fingerprint density at radius 3 is 2.72 bits per heavy atom. The number of aromatic nitrogens is 3. The molecular formula is C21H23FN4O3. The van der Waals surface area contributed by atoms with Crippen molar-refractivity contribution in [1.82, 2.24) is 19.9 Å². The van der Waals surface area contributed by atoms with Crippen LogP contribution in [-0.2, 0) is 11.6 Å². The van der Waals surface area contributed by atoms with E-state index in [4.69, 9.17) is 14.5 Å². The van der Waals surface area contributed by atoms with Crippen LogP contribution in [0.15, 0.2) is 30.5 Å². The molecule has 1 N–H and O–H groups in total. The van der Waals surface area contributed by atoms with Gasteiger partial charge in [-0.3, -0.25) is 14.3 Å². The Bertz CT molecular complexity index is 1070. The number of fused-ring (bicyclic) bond motifs is 1. The molecule has 8 heteroatoms. The van der Waals surface area contributed by atoms with Gasteiger partial charge in [0.25, 0.3) is 0 Å². The Hall–Kier alpha value is -3.16. The molecule has 2 atom stereocenters. The van der Waals surface area contributed by atoms with Gasteiger partial charge in [-0.1, -0.05) is 6.92 Å². The van der Waals surface area contributed by atoms with Crippen LogP contribution in [0.1, 0.15) is 25.1 Å². The third-order valence-electron chi connectivity index (χ3n) is 5.59. The highest BCUT2D eigenvalue weighted by molar-refractivity contribution is 5.81. The number of halogens is 1. The molecule has 0 unspecified atom stereocenters. The molecule has 0 bridgehead atoms. The number of alkyl halides is 1. The minimum atomic E-state index is -0.693. The van der Waals surface area contributed by atoms with Crippen molar-refractivity contribution in [3.63, 3.8) is 0 Å². The summed E-state index contributed by atoms with van der Waals surface area (Å²) in [4.78, 5) is 20.8. The summed E-state index contributed by atoms with van der Waals surface area (Å²) >= 11 is 0. The zero-order valence-corrected chi connectivity index (χ0v) is 16.6. The van der Waals surface area contributed by atoms with Gasteiger partial charge in [0.1, 0.15) is 5.82 Å². The van der Waals surface area contributed by atoms with Crippen molar-refractivity contribution in [2.24, 2.45) is 5.92 Å². The van der Waals surface area contributed by atoms with Crippen LogP contribution in [0.2, 0.25) is 0 Å². The number of pyridine rings is 1. The lowest BCUT2D eigenvalue weighted by Crippen LogP contribution is -2.18. The summed E-state index contributed by atoms with van der Waals surface area (Å²) in [5, 5.41) is 2.84. The zero-order chi connectivity index (χ0) is 20.5. The molecular weight excluding hydrogens is 375 g/mol. The normalized spacial score (nSPS) is 17.4. The van der Waals surface area contributed by atoms with Gasteiger partial charge in [-0.15, -0.1) is 0 Å². The van der Waals surface area contributed by atoms with Crippen LogP contribution in [0.3, 0.4) is 0 Å². The summed E-state index contributed by atoms with van der Waals surface area (Å²) in [6.45, 7) is 1.88. The van der Waals surface area contributed by atoms with Crippen LogP contribution in [0.25, 0.3) is 22.3 Å². The minimum Gasteiger partial charge on any atom is -0.493 e. The molecule has 1 aliphatic heterocycles. The Morgan fingerprint density at radius 2 is 2.07 bits per heavy atom. The Balaban J connectivity index is 1.74.